The van der Waals surface area contributed by atoms with E-state index in [-0.39, 0.29) is 17.1 Å². The first-order valence-electron chi connectivity index (χ1n) is 2.36. The summed E-state index contributed by atoms with van der Waals surface area (Å²) in [7, 11) is 0. The number of hydrogen-bond donors (Lipinski definition) is 0. The van der Waals surface area contributed by atoms with Gasteiger partial charge in [-0.1, -0.05) is 6.07 Å². The van der Waals surface area contributed by atoms with Gasteiger partial charge in [-0.3, -0.25) is 0 Å². The molecule has 0 atom stereocenters. The molecule has 0 saturated carbocycles. The minimum Gasteiger partial charge on any atom is -0.376 e. The van der Waals surface area contributed by atoms with Gasteiger partial charge >= 0.3 is 0 Å². The molecule has 0 aromatic heterocycles. The van der Waals surface area contributed by atoms with Gasteiger partial charge in [0.25, 0.3) is 0 Å². The van der Waals surface area contributed by atoms with E-state index in [1.807, 2.05) is 6.07 Å². The molecule has 0 unspecified atom stereocenters. The van der Waals surface area contributed by atoms with E-state index in [1.54, 1.807) is 30.6 Å². The van der Waals surface area contributed by atoms with Crippen LogP contribution in [0.4, 0.5) is 0 Å². The SMILES string of the molecule is O=[C-]c1ccccc1.[Mn]. The van der Waals surface area contributed by atoms with Gasteiger partial charge in [0.2, 0.25) is 0 Å². The first-order chi connectivity index (χ1) is 3.93. The van der Waals surface area contributed by atoms with Gasteiger partial charge in [0.05, 0.1) is 6.29 Å². The fraction of sp³-hybridized carbons (Fsp3) is 0. The third-order valence-corrected chi connectivity index (χ3v) is 0.892. The summed E-state index contributed by atoms with van der Waals surface area (Å²) in [4.78, 5) is 9.88. The first-order valence-corrected chi connectivity index (χ1v) is 2.36. The molecule has 1 rings (SSSR count). The van der Waals surface area contributed by atoms with Crippen molar-refractivity contribution in [3.8, 4) is 0 Å². The fourth-order valence-corrected chi connectivity index (χ4v) is 0.506. The van der Waals surface area contributed by atoms with Crippen molar-refractivity contribution in [2.24, 2.45) is 0 Å². The summed E-state index contributed by atoms with van der Waals surface area (Å²) < 4.78 is 0. The zero-order valence-corrected chi connectivity index (χ0v) is 5.85. The Bertz CT molecular complexity index is 172. The molecule has 47 valence electrons. The van der Waals surface area contributed by atoms with Crippen molar-refractivity contribution in [1.82, 2.24) is 0 Å². The van der Waals surface area contributed by atoms with Gasteiger partial charge in [-0.25, -0.2) is 0 Å². The van der Waals surface area contributed by atoms with Crippen LogP contribution in [-0.2, 0) is 21.9 Å². The molecule has 0 spiro atoms. The number of benzene rings is 1. The van der Waals surface area contributed by atoms with Gasteiger partial charge in [-0.15, -0.1) is 12.1 Å². The van der Waals surface area contributed by atoms with Crippen LogP contribution in [0, 0.1) is 0 Å². The minimum atomic E-state index is 0. The molecule has 0 N–H and O–H groups in total. The van der Waals surface area contributed by atoms with Gasteiger partial charge in [0, 0.05) is 17.1 Å². The van der Waals surface area contributed by atoms with Crippen LogP contribution in [0.2, 0.25) is 0 Å². The van der Waals surface area contributed by atoms with Gasteiger partial charge in [-0.2, -0.15) is 17.7 Å². The van der Waals surface area contributed by atoms with Crippen molar-refractivity contribution >= 4 is 6.29 Å². The summed E-state index contributed by atoms with van der Waals surface area (Å²) in [5.41, 5.74) is 0.604. The summed E-state index contributed by atoms with van der Waals surface area (Å²) in [5.74, 6) is 0. The molecule has 0 fully saturated rings. The van der Waals surface area contributed by atoms with Crippen molar-refractivity contribution in [3.05, 3.63) is 35.9 Å². The second-order valence-corrected chi connectivity index (χ2v) is 1.47. The van der Waals surface area contributed by atoms with Crippen molar-refractivity contribution in [3.63, 3.8) is 0 Å². The van der Waals surface area contributed by atoms with Crippen LogP contribution in [0.25, 0.3) is 0 Å². The number of hydrogen-bond acceptors (Lipinski definition) is 1. The third kappa shape index (κ3) is 2.45. The molecule has 0 aliphatic heterocycles. The van der Waals surface area contributed by atoms with E-state index >= 15 is 0 Å². The molecule has 9 heavy (non-hydrogen) atoms. The molecule has 0 heterocycles. The Hall–Kier alpha value is -0.591. The summed E-state index contributed by atoms with van der Waals surface area (Å²) in [6.07, 6.45) is 1.78. The zero-order chi connectivity index (χ0) is 5.82. The molecule has 1 nitrogen and oxygen atoms in total. The standard InChI is InChI=1S/C7H5O.Mn/c8-6-7-4-2-1-3-5-7;/h1-5H;/q-1;. The smallest absolute Gasteiger partial charge is 0.0627 e. The van der Waals surface area contributed by atoms with Crippen molar-refractivity contribution in [1.29, 1.82) is 0 Å². The fourth-order valence-electron chi connectivity index (χ4n) is 0.506. The van der Waals surface area contributed by atoms with Crippen molar-refractivity contribution < 1.29 is 21.9 Å². The predicted octanol–water partition coefficient (Wildman–Crippen LogP) is 1.14. The summed E-state index contributed by atoms with van der Waals surface area (Å²) in [5, 5.41) is 0. The monoisotopic (exact) mass is 160 g/mol. The number of carbonyl (C=O) groups excluding carboxylic acids is 1. The average Bonchev–Trinajstić information content (AvgIpc) is 1.90. The van der Waals surface area contributed by atoms with Crippen molar-refractivity contribution in [2.75, 3.05) is 0 Å². The van der Waals surface area contributed by atoms with Crippen LogP contribution in [0.15, 0.2) is 30.3 Å². The summed E-state index contributed by atoms with van der Waals surface area (Å²) in [6.45, 7) is 0. The largest absolute Gasteiger partial charge is 0.376 e. The molecule has 0 aliphatic carbocycles. The van der Waals surface area contributed by atoms with E-state index in [1.165, 1.54) is 0 Å². The van der Waals surface area contributed by atoms with Gasteiger partial charge < -0.3 is 4.79 Å². The predicted molar refractivity (Wildman–Crippen MR) is 31.2 cm³/mol. The maximum absolute atomic E-state index is 9.88. The van der Waals surface area contributed by atoms with E-state index in [0.29, 0.717) is 5.56 Å². The quantitative estimate of drug-likeness (QED) is 0.444. The van der Waals surface area contributed by atoms with Crippen LogP contribution in [0.5, 0.6) is 0 Å². The second kappa shape index (κ2) is 4.30. The average molecular weight is 160 g/mol. The van der Waals surface area contributed by atoms with Crippen LogP contribution >= 0.6 is 0 Å². The van der Waals surface area contributed by atoms with Crippen molar-refractivity contribution in [2.45, 2.75) is 0 Å². The Kier molecular flexibility index (Phi) is 4.02. The Morgan fingerprint density at radius 2 is 1.67 bits per heavy atom. The first kappa shape index (κ1) is 8.41. The number of rotatable bonds is 1. The molecule has 1 radical (unpaired) electrons. The van der Waals surface area contributed by atoms with E-state index in [2.05, 4.69) is 0 Å². The molecule has 0 bridgehead atoms. The minimum absolute atomic E-state index is 0. The molecule has 1 aromatic carbocycles. The summed E-state index contributed by atoms with van der Waals surface area (Å²) >= 11 is 0. The molecule has 0 saturated heterocycles. The maximum atomic E-state index is 9.88. The van der Waals surface area contributed by atoms with Gasteiger partial charge in [0.1, 0.15) is 0 Å². The van der Waals surface area contributed by atoms with E-state index < -0.39 is 0 Å². The molecular weight excluding hydrogens is 155 g/mol. The third-order valence-electron chi connectivity index (χ3n) is 0.892. The molecule has 0 aliphatic rings. The molecular formula is C7H5MnO-. The van der Waals surface area contributed by atoms with Crippen LogP contribution < -0.4 is 0 Å². The zero-order valence-electron chi connectivity index (χ0n) is 4.67. The van der Waals surface area contributed by atoms with E-state index in [0.717, 1.165) is 0 Å². The van der Waals surface area contributed by atoms with Crippen LogP contribution in [0.3, 0.4) is 0 Å². The van der Waals surface area contributed by atoms with E-state index in [9.17, 15) is 4.79 Å². The Morgan fingerprint density at radius 3 is 2.00 bits per heavy atom. The Morgan fingerprint density at radius 1 is 1.11 bits per heavy atom. The van der Waals surface area contributed by atoms with Gasteiger partial charge in [-0.05, 0) is 0 Å². The maximum Gasteiger partial charge on any atom is 0.0627 e. The second-order valence-electron chi connectivity index (χ2n) is 1.47. The summed E-state index contributed by atoms with van der Waals surface area (Å²) in [6, 6.07) is 8.90. The van der Waals surface area contributed by atoms with E-state index in [4.69, 9.17) is 0 Å². The molecule has 0 amide bonds. The van der Waals surface area contributed by atoms with Gasteiger partial charge in [0.15, 0.2) is 0 Å². The van der Waals surface area contributed by atoms with Crippen LogP contribution in [-0.4, -0.2) is 6.29 Å². The van der Waals surface area contributed by atoms with Crippen LogP contribution in [0.1, 0.15) is 5.56 Å². The molecule has 1 aromatic rings. The molecule has 2 heteroatoms. The Labute approximate surface area is 64.6 Å². The Balaban J connectivity index is 0.000000640. The topological polar surface area (TPSA) is 17.1 Å². The normalized spacial score (nSPS) is 7.56.